The number of aldehydes is 1. The van der Waals surface area contributed by atoms with Gasteiger partial charge >= 0.3 is 0 Å². The molecule has 0 unspecified atom stereocenters. The van der Waals surface area contributed by atoms with Gasteiger partial charge in [-0.1, -0.05) is 5.57 Å². The van der Waals surface area contributed by atoms with Crippen LogP contribution in [-0.2, 0) is 9.59 Å². The van der Waals surface area contributed by atoms with E-state index in [1.165, 1.54) is 5.57 Å². The van der Waals surface area contributed by atoms with E-state index < -0.39 is 0 Å². The summed E-state index contributed by atoms with van der Waals surface area (Å²) in [6.07, 6.45) is 5.87. The van der Waals surface area contributed by atoms with Gasteiger partial charge in [0.15, 0.2) is 5.78 Å². The Morgan fingerprint density at radius 3 is 2.77 bits per heavy atom. The Labute approximate surface area is 79.0 Å². The van der Waals surface area contributed by atoms with Gasteiger partial charge in [0.05, 0.1) is 0 Å². The van der Waals surface area contributed by atoms with Crippen LogP contribution in [0.4, 0.5) is 0 Å². The van der Waals surface area contributed by atoms with Crippen molar-refractivity contribution in [1.82, 2.24) is 0 Å². The van der Waals surface area contributed by atoms with Gasteiger partial charge in [-0.05, 0) is 38.2 Å². The van der Waals surface area contributed by atoms with Gasteiger partial charge < -0.3 is 4.79 Å². The number of hydrogen-bond donors (Lipinski definition) is 0. The minimum Gasteiger partial charge on any atom is -0.303 e. The molecule has 0 aromatic rings. The molecule has 0 saturated carbocycles. The zero-order chi connectivity index (χ0) is 9.68. The summed E-state index contributed by atoms with van der Waals surface area (Å²) in [5.41, 5.74) is 2.23. The standard InChI is InChI=1S/C11H16O2/c1-9-5-4-7-11(13)10(9)6-2-3-8-12/h8H,2-7H2,1H3. The van der Waals surface area contributed by atoms with Crippen LogP contribution in [0.1, 0.15) is 45.4 Å². The van der Waals surface area contributed by atoms with Crippen molar-refractivity contribution in [3.05, 3.63) is 11.1 Å². The van der Waals surface area contributed by atoms with E-state index in [0.717, 1.165) is 37.5 Å². The summed E-state index contributed by atoms with van der Waals surface area (Å²) >= 11 is 0. The van der Waals surface area contributed by atoms with Crippen molar-refractivity contribution in [2.24, 2.45) is 0 Å². The molecule has 0 fully saturated rings. The van der Waals surface area contributed by atoms with E-state index in [4.69, 9.17) is 0 Å². The molecular weight excluding hydrogens is 164 g/mol. The second-order valence-electron chi connectivity index (χ2n) is 3.59. The SMILES string of the molecule is CC1=C(CCCC=O)C(=O)CCC1. The Hall–Kier alpha value is -0.920. The molecule has 13 heavy (non-hydrogen) atoms. The molecule has 1 aliphatic rings. The normalized spacial score (nSPS) is 17.8. The van der Waals surface area contributed by atoms with Crippen molar-refractivity contribution in [3.63, 3.8) is 0 Å². The molecule has 0 N–H and O–H groups in total. The highest BCUT2D eigenvalue weighted by Gasteiger charge is 2.16. The van der Waals surface area contributed by atoms with Crippen LogP contribution in [0, 0.1) is 0 Å². The van der Waals surface area contributed by atoms with Crippen LogP contribution in [0.25, 0.3) is 0 Å². The number of allylic oxidation sites excluding steroid dienone is 2. The van der Waals surface area contributed by atoms with Gasteiger partial charge in [-0.25, -0.2) is 0 Å². The van der Waals surface area contributed by atoms with Gasteiger partial charge in [0.2, 0.25) is 0 Å². The number of carbonyl (C=O) groups excluding carboxylic acids is 2. The largest absolute Gasteiger partial charge is 0.303 e. The van der Waals surface area contributed by atoms with E-state index in [-0.39, 0.29) is 0 Å². The summed E-state index contributed by atoms with van der Waals surface area (Å²) in [5, 5.41) is 0. The number of rotatable bonds is 4. The summed E-state index contributed by atoms with van der Waals surface area (Å²) in [6.45, 7) is 2.04. The van der Waals surface area contributed by atoms with Crippen molar-refractivity contribution in [3.8, 4) is 0 Å². The molecule has 0 aromatic carbocycles. The van der Waals surface area contributed by atoms with Gasteiger partial charge in [0.25, 0.3) is 0 Å². The van der Waals surface area contributed by atoms with Gasteiger partial charge in [0.1, 0.15) is 6.29 Å². The Morgan fingerprint density at radius 1 is 1.38 bits per heavy atom. The first-order valence-corrected chi connectivity index (χ1v) is 4.91. The zero-order valence-electron chi connectivity index (χ0n) is 8.14. The lowest BCUT2D eigenvalue weighted by molar-refractivity contribution is -0.116. The lowest BCUT2D eigenvalue weighted by Gasteiger charge is -2.15. The van der Waals surface area contributed by atoms with Crippen LogP contribution in [0.2, 0.25) is 0 Å². The molecule has 0 aromatic heterocycles. The highest BCUT2D eigenvalue weighted by Crippen LogP contribution is 2.24. The molecule has 0 bridgehead atoms. The van der Waals surface area contributed by atoms with Crippen LogP contribution in [0.3, 0.4) is 0 Å². The van der Waals surface area contributed by atoms with Crippen LogP contribution in [0.5, 0.6) is 0 Å². The monoisotopic (exact) mass is 180 g/mol. The molecule has 0 radical (unpaired) electrons. The summed E-state index contributed by atoms with van der Waals surface area (Å²) in [5.74, 6) is 0.301. The average molecular weight is 180 g/mol. The third-order valence-electron chi connectivity index (χ3n) is 2.56. The van der Waals surface area contributed by atoms with E-state index in [9.17, 15) is 9.59 Å². The van der Waals surface area contributed by atoms with E-state index in [0.29, 0.717) is 18.6 Å². The van der Waals surface area contributed by atoms with E-state index in [2.05, 4.69) is 0 Å². The number of unbranched alkanes of at least 4 members (excludes halogenated alkanes) is 1. The molecule has 0 atom stereocenters. The maximum Gasteiger partial charge on any atom is 0.158 e. The van der Waals surface area contributed by atoms with Crippen LogP contribution < -0.4 is 0 Å². The highest BCUT2D eigenvalue weighted by atomic mass is 16.1. The first kappa shape index (κ1) is 10.2. The quantitative estimate of drug-likeness (QED) is 0.492. The van der Waals surface area contributed by atoms with Gasteiger partial charge in [0, 0.05) is 12.8 Å². The predicted octanol–water partition coefficient (Wildman–Crippen LogP) is 2.43. The maximum atomic E-state index is 11.5. The summed E-state index contributed by atoms with van der Waals surface area (Å²) in [6, 6.07) is 0. The third kappa shape index (κ3) is 2.79. The van der Waals surface area contributed by atoms with E-state index >= 15 is 0 Å². The number of hydrogen-bond acceptors (Lipinski definition) is 2. The molecule has 1 rings (SSSR count). The Morgan fingerprint density at radius 2 is 2.15 bits per heavy atom. The fourth-order valence-corrected chi connectivity index (χ4v) is 1.77. The van der Waals surface area contributed by atoms with Crippen molar-refractivity contribution in [2.75, 3.05) is 0 Å². The summed E-state index contributed by atoms with van der Waals surface area (Å²) < 4.78 is 0. The first-order chi connectivity index (χ1) is 6.25. The molecule has 2 nitrogen and oxygen atoms in total. The molecule has 2 heteroatoms. The molecule has 0 saturated heterocycles. The van der Waals surface area contributed by atoms with E-state index in [1.54, 1.807) is 0 Å². The van der Waals surface area contributed by atoms with Gasteiger partial charge in [-0.3, -0.25) is 4.79 Å². The maximum absolute atomic E-state index is 11.5. The van der Waals surface area contributed by atoms with Crippen molar-refractivity contribution < 1.29 is 9.59 Å². The lowest BCUT2D eigenvalue weighted by Crippen LogP contribution is -2.10. The van der Waals surface area contributed by atoms with Crippen molar-refractivity contribution in [2.45, 2.75) is 45.4 Å². The molecule has 72 valence electrons. The fourth-order valence-electron chi connectivity index (χ4n) is 1.77. The molecule has 0 aliphatic heterocycles. The highest BCUT2D eigenvalue weighted by molar-refractivity contribution is 5.96. The Balaban J connectivity index is 2.53. The summed E-state index contributed by atoms with van der Waals surface area (Å²) in [7, 11) is 0. The smallest absolute Gasteiger partial charge is 0.158 e. The van der Waals surface area contributed by atoms with Crippen molar-refractivity contribution >= 4 is 12.1 Å². The fraction of sp³-hybridized carbons (Fsp3) is 0.636. The third-order valence-corrected chi connectivity index (χ3v) is 2.56. The van der Waals surface area contributed by atoms with E-state index in [1.807, 2.05) is 6.92 Å². The Bertz CT molecular complexity index is 238. The molecule has 0 heterocycles. The minimum absolute atomic E-state index is 0.301. The minimum atomic E-state index is 0.301. The molecule has 0 amide bonds. The van der Waals surface area contributed by atoms with Crippen LogP contribution in [0.15, 0.2) is 11.1 Å². The summed E-state index contributed by atoms with van der Waals surface area (Å²) in [4.78, 5) is 21.6. The number of carbonyl (C=O) groups is 2. The molecule has 0 spiro atoms. The van der Waals surface area contributed by atoms with Gasteiger partial charge in [-0.2, -0.15) is 0 Å². The second kappa shape index (κ2) is 4.95. The number of ketones is 1. The number of Topliss-reactive ketones (excluding diaryl/α,β-unsaturated/α-hetero) is 1. The molecular formula is C11H16O2. The lowest BCUT2D eigenvalue weighted by atomic mass is 9.89. The van der Waals surface area contributed by atoms with Gasteiger partial charge in [-0.15, -0.1) is 0 Å². The van der Waals surface area contributed by atoms with Crippen LogP contribution in [-0.4, -0.2) is 12.1 Å². The topological polar surface area (TPSA) is 34.1 Å². The Kier molecular flexibility index (Phi) is 3.87. The second-order valence-corrected chi connectivity index (χ2v) is 3.59. The predicted molar refractivity (Wildman–Crippen MR) is 51.5 cm³/mol. The van der Waals surface area contributed by atoms with Crippen molar-refractivity contribution in [1.29, 1.82) is 0 Å². The average Bonchev–Trinajstić information content (AvgIpc) is 2.10. The molecule has 1 aliphatic carbocycles. The first-order valence-electron chi connectivity index (χ1n) is 4.91. The zero-order valence-corrected chi connectivity index (χ0v) is 8.14. The van der Waals surface area contributed by atoms with Crippen LogP contribution >= 0.6 is 0 Å².